The van der Waals surface area contributed by atoms with Crippen molar-refractivity contribution in [1.82, 2.24) is 5.16 Å². The topological polar surface area (TPSA) is 61.3 Å². The second-order valence-electron chi connectivity index (χ2n) is 4.55. The fraction of sp³-hybridized carbons (Fsp3) is 0.357. The van der Waals surface area contributed by atoms with E-state index in [9.17, 15) is 0 Å². The summed E-state index contributed by atoms with van der Waals surface area (Å²) in [5.74, 6) is 1.59. The van der Waals surface area contributed by atoms with Crippen molar-refractivity contribution in [2.75, 3.05) is 0 Å². The van der Waals surface area contributed by atoms with Gasteiger partial charge in [0.1, 0.15) is 23.8 Å². The molecule has 4 nitrogen and oxygen atoms in total. The van der Waals surface area contributed by atoms with E-state index in [0.29, 0.717) is 6.61 Å². The summed E-state index contributed by atoms with van der Waals surface area (Å²) in [5.41, 5.74) is 8.85. The zero-order chi connectivity index (χ0) is 13.1. The molecular weight excluding hydrogens is 228 g/mol. The lowest BCUT2D eigenvalue weighted by molar-refractivity contribution is 0.284. The predicted octanol–water partition coefficient (Wildman–Crippen LogP) is 2.89. The summed E-state index contributed by atoms with van der Waals surface area (Å²) in [6.45, 7) is 6.22. The average Bonchev–Trinajstić information content (AvgIpc) is 2.72. The molecule has 1 heterocycles. The Morgan fingerprint density at radius 3 is 2.72 bits per heavy atom. The van der Waals surface area contributed by atoms with E-state index in [1.54, 1.807) is 0 Å². The quantitative estimate of drug-likeness (QED) is 0.901. The molecule has 1 aromatic heterocycles. The summed E-state index contributed by atoms with van der Waals surface area (Å²) in [4.78, 5) is 0. The lowest BCUT2D eigenvalue weighted by Crippen LogP contribution is -2.08. The van der Waals surface area contributed by atoms with Gasteiger partial charge in [-0.1, -0.05) is 17.3 Å². The maximum atomic E-state index is 5.92. The number of aromatic nitrogens is 1. The molecule has 0 saturated heterocycles. The lowest BCUT2D eigenvalue weighted by atomic mass is 10.1. The van der Waals surface area contributed by atoms with Crippen molar-refractivity contribution in [1.29, 1.82) is 0 Å². The largest absolute Gasteiger partial charge is 0.487 e. The fourth-order valence-electron chi connectivity index (χ4n) is 1.78. The first kappa shape index (κ1) is 12.6. The monoisotopic (exact) mass is 246 g/mol. The third-order valence-electron chi connectivity index (χ3n) is 2.71. The molecule has 0 amide bonds. The van der Waals surface area contributed by atoms with Crippen molar-refractivity contribution in [2.45, 2.75) is 33.4 Å². The molecule has 0 aliphatic rings. The molecule has 0 bridgehead atoms. The molecule has 2 N–H and O–H groups in total. The smallest absolute Gasteiger partial charge is 0.134 e. The number of nitrogens with zero attached hydrogens (tertiary/aromatic N) is 1. The zero-order valence-corrected chi connectivity index (χ0v) is 10.9. The van der Waals surface area contributed by atoms with Crippen LogP contribution in [0.25, 0.3) is 0 Å². The Kier molecular flexibility index (Phi) is 3.67. The first-order valence-corrected chi connectivity index (χ1v) is 5.97. The van der Waals surface area contributed by atoms with Crippen molar-refractivity contribution >= 4 is 0 Å². The summed E-state index contributed by atoms with van der Waals surface area (Å²) >= 11 is 0. The van der Waals surface area contributed by atoms with Gasteiger partial charge in [0.15, 0.2) is 0 Å². The fourth-order valence-corrected chi connectivity index (χ4v) is 1.78. The highest BCUT2D eigenvalue weighted by Crippen LogP contribution is 2.25. The summed E-state index contributed by atoms with van der Waals surface area (Å²) in [5, 5.41) is 3.90. The number of hydrogen-bond acceptors (Lipinski definition) is 4. The van der Waals surface area contributed by atoms with Gasteiger partial charge in [-0.3, -0.25) is 0 Å². The molecule has 0 fully saturated rings. The highest BCUT2D eigenvalue weighted by molar-refractivity contribution is 5.39. The van der Waals surface area contributed by atoms with E-state index in [-0.39, 0.29) is 6.04 Å². The van der Waals surface area contributed by atoms with Gasteiger partial charge in [0.05, 0.1) is 0 Å². The Morgan fingerprint density at radius 2 is 2.11 bits per heavy atom. The van der Waals surface area contributed by atoms with E-state index in [1.807, 2.05) is 45.0 Å². The molecular formula is C14H18N2O2. The maximum absolute atomic E-state index is 5.92. The van der Waals surface area contributed by atoms with Gasteiger partial charge < -0.3 is 15.0 Å². The highest BCUT2D eigenvalue weighted by Gasteiger charge is 2.09. The van der Waals surface area contributed by atoms with Crippen LogP contribution >= 0.6 is 0 Å². The van der Waals surface area contributed by atoms with Crippen molar-refractivity contribution in [3.8, 4) is 5.75 Å². The first-order chi connectivity index (χ1) is 8.56. The molecule has 18 heavy (non-hydrogen) atoms. The summed E-state index contributed by atoms with van der Waals surface area (Å²) in [6, 6.07) is 7.84. The van der Waals surface area contributed by atoms with Crippen LogP contribution in [0.4, 0.5) is 0 Å². The van der Waals surface area contributed by atoms with Gasteiger partial charge in [0.25, 0.3) is 0 Å². The third-order valence-corrected chi connectivity index (χ3v) is 2.71. The van der Waals surface area contributed by atoms with Crippen LogP contribution in [0, 0.1) is 13.8 Å². The van der Waals surface area contributed by atoms with Gasteiger partial charge >= 0.3 is 0 Å². The van der Waals surface area contributed by atoms with Gasteiger partial charge in [-0.2, -0.15) is 0 Å². The van der Waals surface area contributed by atoms with Crippen molar-refractivity contribution in [3.63, 3.8) is 0 Å². The van der Waals surface area contributed by atoms with E-state index in [4.69, 9.17) is 15.0 Å². The maximum Gasteiger partial charge on any atom is 0.134 e. The van der Waals surface area contributed by atoms with Gasteiger partial charge in [0.2, 0.25) is 0 Å². The molecule has 0 aliphatic carbocycles. The SMILES string of the molecule is Cc1ccc([C@@H](C)N)c(OCc2cc(C)on2)c1. The summed E-state index contributed by atoms with van der Waals surface area (Å²) in [7, 11) is 0. The minimum atomic E-state index is -0.0559. The van der Waals surface area contributed by atoms with Crippen LogP contribution < -0.4 is 10.5 Å². The Morgan fingerprint density at radius 1 is 1.33 bits per heavy atom. The standard InChI is InChI=1S/C14H18N2O2/c1-9-4-5-13(11(3)15)14(6-9)17-8-12-7-10(2)18-16-12/h4-7,11H,8,15H2,1-3H3/t11-/m1/s1. The zero-order valence-electron chi connectivity index (χ0n) is 10.9. The van der Waals surface area contributed by atoms with Crippen LogP contribution in [0.1, 0.15) is 35.5 Å². The Labute approximate surface area is 107 Å². The first-order valence-electron chi connectivity index (χ1n) is 5.97. The van der Waals surface area contributed by atoms with E-state index >= 15 is 0 Å². The number of hydrogen-bond donors (Lipinski definition) is 1. The van der Waals surface area contributed by atoms with Crippen molar-refractivity contribution in [2.24, 2.45) is 5.73 Å². The molecule has 4 heteroatoms. The Bertz CT molecular complexity index is 532. The number of ether oxygens (including phenoxy) is 1. The van der Waals surface area contributed by atoms with Crippen LogP contribution in [0.15, 0.2) is 28.8 Å². The molecule has 2 aromatic rings. The molecule has 1 aromatic carbocycles. The molecule has 1 atom stereocenters. The molecule has 0 radical (unpaired) electrons. The van der Waals surface area contributed by atoms with E-state index < -0.39 is 0 Å². The molecule has 2 rings (SSSR count). The third kappa shape index (κ3) is 2.90. The predicted molar refractivity (Wildman–Crippen MR) is 69.4 cm³/mol. The second kappa shape index (κ2) is 5.23. The number of aryl methyl sites for hydroxylation is 2. The van der Waals surface area contributed by atoms with E-state index in [1.165, 1.54) is 0 Å². The van der Waals surface area contributed by atoms with Crippen LogP contribution in [-0.4, -0.2) is 5.16 Å². The number of benzene rings is 1. The van der Waals surface area contributed by atoms with Gasteiger partial charge in [0, 0.05) is 17.7 Å². The second-order valence-corrected chi connectivity index (χ2v) is 4.55. The number of rotatable bonds is 4. The summed E-state index contributed by atoms with van der Waals surface area (Å²) < 4.78 is 10.8. The van der Waals surface area contributed by atoms with Gasteiger partial charge in [-0.05, 0) is 32.4 Å². The van der Waals surface area contributed by atoms with Crippen LogP contribution in [-0.2, 0) is 6.61 Å². The Balaban J connectivity index is 2.15. The van der Waals surface area contributed by atoms with Crippen LogP contribution in [0.2, 0.25) is 0 Å². The van der Waals surface area contributed by atoms with Crippen molar-refractivity contribution in [3.05, 3.63) is 46.8 Å². The van der Waals surface area contributed by atoms with Gasteiger partial charge in [-0.25, -0.2) is 0 Å². The van der Waals surface area contributed by atoms with Gasteiger partial charge in [-0.15, -0.1) is 0 Å². The molecule has 0 aliphatic heterocycles. The molecule has 96 valence electrons. The molecule has 0 spiro atoms. The van der Waals surface area contributed by atoms with Crippen LogP contribution in [0.3, 0.4) is 0 Å². The lowest BCUT2D eigenvalue weighted by Gasteiger charge is -2.14. The minimum Gasteiger partial charge on any atom is -0.487 e. The van der Waals surface area contributed by atoms with Crippen LogP contribution in [0.5, 0.6) is 5.75 Å². The number of nitrogens with two attached hydrogens (primary N) is 1. The van der Waals surface area contributed by atoms with E-state index in [0.717, 1.165) is 28.3 Å². The normalized spacial score (nSPS) is 12.4. The summed E-state index contributed by atoms with van der Waals surface area (Å²) in [6.07, 6.45) is 0. The van der Waals surface area contributed by atoms with Crippen molar-refractivity contribution < 1.29 is 9.26 Å². The Hall–Kier alpha value is -1.81. The average molecular weight is 246 g/mol. The highest BCUT2D eigenvalue weighted by atomic mass is 16.5. The minimum absolute atomic E-state index is 0.0559. The van der Waals surface area contributed by atoms with E-state index in [2.05, 4.69) is 5.16 Å². The molecule has 0 unspecified atom stereocenters. The molecule has 0 saturated carbocycles.